The van der Waals surface area contributed by atoms with Crippen LogP contribution in [0.3, 0.4) is 0 Å². The lowest BCUT2D eigenvalue weighted by Crippen LogP contribution is -2.29. The molecule has 0 N–H and O–H groups in total. The summed E-state index contributed by atoms with van der Waals surface area (Å²) < 4.78 is 65.5. The first-order chi connectivity index (χ1) is 14.2. The Morgan fingerprint density at radius 2 is 1.93 bits per heavy atom. The SMILES string of the molecule is CN(Cc1ccc2c(c1)OCO2)C(=O)c1nnn(-c2cccc(F)c2)c1C(F)(F)F. The quantitative estimate of drug-likeness (QED) is 0.603. The van der Waals surface area contributed by atoms with Crippen LogP contribution < -0.4 is 9.47 Å². The van der Waals surface area contributed by atoms with Gasteiger partial charge in [0, 0.05) is 13.6 Å². The Hall–Kier alpha value is -3.63. The molecule has 3 aromatic rings. The number of halogens is 4. The standard InChI is InChI=1S/C19H14F4N4O3/c1-26(9-11-5-6-14-15(7-11)30-10-29-14)18(28)16-17(19(21,22)23)27(25-24-16)13-4-2-3-12(20)8-13/h2-8H,9-10H2,1H3. The van der Waals surface area contributed by atoms with Gasteiger partial charge in [-0.3, -0.25) is 4.79 Å². The van der Waals surface area contributed by atoms with Crippen molar-refractivity contribution in [2.75, 3.05) is 13.8 Å². The van der Waals surface area contributed by atoms with Gasteiger partial charge in [0.15, 0.2) is 22.9 Å². The number of fused-ring (bicyclic) bond motifs is 1. The molecule has 0 atom stereocenters. The zero-order valence-corrected chi connectivity index (χ0v) is 15.5. The summed E-state index contributed by atoms with van der Waals surface area (Å²) >= 11 is 0. The maximum Gasteiger partial charge on any atom is 0.435 e. The van der Waals surface area contributed by atoms with Crippen LogP contribution >= 0.6 is 0 Å². The number of alkyl halides is 3. The van der Waals surface area contributed by atoms with Crippen LogP contribution in [0.15, 0.2) is 42.5 Å². The summed E-state index contributed by atoms with van der Waals surface area (Å²) in [6, 6.07) is 9.38. The number of amides is 1. The van der Waals surface area contributed by atoms with E-state index in [1.807, 2.05) is 0 Å². The highest BCUT2D eigenvalue weighted by Gasteiger charge is 2.42. The van der Waals surface area contributed by atoms with E-state index in [2.05, 4.69) is 10.3 Å². The Labute approximate surface area is 167 Å². The number of hydrogen-bond acceptors (Lipinski definition) is 5. The second-order valence-corrected chi connectivity index (χ2v) is 6.52. The molecule has 0 bridgehead atoms. The average molecular weight is 422 g/mol. The Kier molecular flexibility index (Phi) is 4.80. The molecule has 30 heavy (non-hydrogen) atoms. The molecule has 1 aromatic heterocycles. The average Bonchev–Trinajstić information content (AvgIpc) is 3.33. The Morgan fingerprint density at radius 3 is 2.67 bits per heavy atom. The molecule has 0 radical (unpaired) electrons. The Bertz CT molecular complexity index is 1110. The van der Waals surface area contributed by atoms with Crippen molar-refractivity contribution < 1.29 is 31.8 Å². The molecule has 0 saturated heterocycles. The largest absolute Gasteiger partial charge is 0.454 e. The van der Waals surface area contributed by atoms with E-state index >= 15 is 0 Å². The Morgan fingerprint density at radius 1 is 1.17 bits per heavy atom. The van der Waals surface area contributed by atoms with E-state index in [9.17, 15) is 22.4 Å². The van der Waals surface area contributed by atoms with Crippen LogP contribution in [-0.4, -0.2) is 39.6 Å². The van der Waals surface area contributed by atoms with Crippen LogP contribution in [0.4, 0.5) is 17.6 Å². The van der Waals surface area contributed by atoms with E-state index in [1.165, 1.54) is 19.2 Å². The van der Waals surface area contributed by atoms with Crippen molar-refractivity contribution in [3.05, 3.63) is 65.2 Å². The highest BCUT2D eigenvalue weighted by atomic mass is 19.4. The lowest BCUT2D eigenvalue weighted by atomic mass is 10.2. The molecule has 2 aromatic carbocycles. The van der Waals surface area contributed by atoms with E-state index in [4.69, 9.17) is 9.47 Å². The summed E-state index contributed by atoms with van der Waals surface area (Å²) in [6.45, 7) is 0.0747. The van der Waals surface area contributed by atoms with Gasteiger partial charge < -0.3 is 14.4 Å². The first kappa shape index (κ1) is 19.7. The molecule has 156 valence electrons. The molecule has 7 nitrogen and oxygen atoms in total. The predicted molar refractivity (Wildman–Crippen MR) is 94.7 cm³/mol. The fourth-order valence-electron chi connectivity index (χ4n) is 3.03. The number of hydrogen-bond donors (Lipinski definition) is 0. The van der Waals surface area contributed by atoms with Crippen LogP contribution in [0.25, 0.3) is 5.69 Å². The molecule has 1 aliphatic rings. The van der Waals surface area contributed by atoms with E-state index in [-0.39, 0.29) is 19.0 Å². The van der Waals surface area contributed by atoms with E-state index in [1.54, 1.807) is 18.2 Å². The zero-order chi connectivity index (χ0) is 21.5. The van der Waals surface area contributed by atoms with E-state index in [0.717, 1.165) is 17.0 Å². The molecule has 11 heteroatoms. The third kappa shape index (κ3) is 3.65. The fourth-order valence-corrected chi connectivity index (χ4v) is 3.03. The number of carbonyl (C=O) groups is 1. The molecule has 2 heterocycles. The monoisotopic (exact) mass is 422 g/mol. The normalized spacial score (nSPS) is 12.8. The first-order valence-electron chi connectivity index (χ1n) is 8.67. The minimum atomic E-state index is -4.94. The lowest BCUT2D eigenvalue weighted by molar-refractivity contribution is -0.143. The second-order valence-electron chi connectivity index (χ2n) is 6.52. The van der Waals surface area contributed by atoms with Gasteiger partial charge in [-0.15, -0.1) is 5.10 Å². The van der Waals surface area contributed by atoms with Gasteiger partial charge in [-0.05, 0) is 35.9 Å². The first-order valence-corrected chi connectivity index (χ1v) is 8.67. The Balaban J connectivity index is 1.65. The maximum absolute atomic E-state index is 13.7. The number of benzene rings is 2. The van der Waals surface area contributed by atoms with Gasteiger partial charge in [0.2, 0.25) is 6.79 Å². The molecule has 0 aliphatic carbocycles. The number of aromatic nitrogens is 3. The molecule has 0 spiro atoms. The van der Waals surface area contributed by atoms with Crippen LogP contribution in [0.2, 0.25) is 0 Å². The van der Waals surface area contributed by atoms with Crippen molar-refractivity contribution in [1.82, 2.24) is 19.9 Å². The summed E-state index contributed by atoms with van der Waals surface area (Å²) in [5.74, 6) is -0.696. The zero-order valence-electron chi connectivity index (χ0n) is 15.5. The van der Waals surface area contributed by atoms with Crippen LogP contribution in [0.1, 0.15) is 21.7 Å². The van der Waals surface area contributed by atoms with Gasteiger partial charge in [-0.25, -0.2) is 9.07 Å². The molecule has 0 fully saturated rings. The summed E-state index contributed by atoms with van der Waals surface area (Å²) in [5.41, 5.74) is -1.83. The number of nitrogens with zero attached hydrogens (tertiary/aromatic N) is 4. The smallest absolute Gasteiger partial charge is 0.435 e. The van der Waals surface area contributed by atoms with Crippen molar-refractivity contribution >= 4 is 5.91 Å². The minimum absolute atomic E-state index is 0.000401. The molecule has 1 amide bonds. The van der Waals surface area contributed by atoms with Crippen molar-refractivity contribution in [2.45, 2.75) is 12.7 Å². The number of ether oxygens (including phenoxy) is 2. The highest BCUT2D eigenvalue weighted by molar-refractivity contribution is 5.93. The van der Waals surface area contributed by atoms with E-state index < -0.39 is 29.3 Å². The summed E-state index contributed by atoms with van der Waals surface area (Å²) in [7, 11) is 1.34. The molecular weight excluding hydrogens is 408 g/mol. The van der Waals surface area contributed by atoms with Gasteiger partial charge in [0.05, 0.1) is 5.69 Å². The fraction of sp³-hybridized carbons (Fsp3) is 0.211. The third-order valence-electron chi connectivity index (χ3n) is 4.40. The molecule has 0 saturated carbocycles. The highest BCUT2D eigenvalue weighted by Crippen LogP contribution is 2.34. The predicted octanol–water partition coefficient (Wildman–Crippen LogP) is 3.43. The summed E-state index contributed by atoms with van der Waals surface area (Å²) in [5, 5.41) is 6.89. The van der Waals surface area contributed by atoms with Crippen molar-refractivity contribution in [3.63, 3.8) is 0 Å². The minimum Gasteiger partial charge on any atom is -0.454 e. The molecule has 4 rings (SSSR count). The van der Waals surface area contributed by atoms with Crippen LogP contribution in [-0.2, 0) is 12.7 Å². The van der Waals surface area contributed by atoms with Gasteiger partial charge in [-0.2, -0.15) is 13.2 Å². The molecular formula is C19H14F4N4O3. The summed E-state index contributed by atoms with van der Waals surface area (Å²) in [4.78, 5) is 13.8. The van der Waals surface area contributed by atoms with Crippen molar-refractivity contribution in [1.29, 1.82) is 0 Å². The third-order valence-corrected chi connectivity index (χ3v) is 4.40. The van der Waals surface area contributed by atoms with Gasteiger partial charge in [-0.1, -0.05) is 17.3 Å². The number of rotatable bonds is 4. The van der Waals surface area contributed by atoms with Crippen LogP contribution in [0, 0.1) is 5.82 Å². The summed E-state index contributed by atoms with van der Waals surface area (Å²) in [6.07, 6.45) is -4.94. The van der Waals surface area contributed by atoms with Crippen molar-refractivity contribution in [3.8, 4) is 17.2 Å². The lowest BCUT2D eigenvalue weighted by Gasteiger charge is -2.18. The van der Waals surface area contributed by atoms with E-state index in [0.29, 0.717) is 21.7 Å². The molecule has 0 unspecified atom stereocenters. The van der Waals surface area contributed by atoms with Gasteiger partial charge in [0.1, 0.15) is 5.82 Å². The topological polar surface area (TPSA) is 69.5 Å². The van der Waals surface area contributed by atoms with Crippen LogP contribution in [0.5, 0.6) is 11.5 Å². The van der Waals surface area contributed by atoms with Gasteiger partial charge in [0.25, 0.3) is 5.91 Å². The van der Waals surface area contributed by atoms with Crippen molar-refractivity contribution in [2.24, 2.45) is 0 Å². The number of carbonyl (C=O) groups excluding carboxylic acids is 1. The van der Waals surface area contributed by atoms with Gasteiger partial charge >= 0.3 is 6.18 Å². The second kappa shape index (κ2) is 7.32. The molecule has 1 aliphatic heterocycles. The maximum atomic E-state index is 13.7.